The van der Waals surface area contributed by atoms with Crippen LogP contribution in [0.3, 0.4) is 0 Å². The standard InChI is InChI=1S/C9H18N2O/c12-4-3-9(7-5-10-6-7)11-8-1-2-8/h7-12H,1-6H2. The monoisotopic (exact) mass is 170 g/mol. The summed E-state index contributed by atoms with van der Waals surface area (Å²) in [5.74, 6) is 0.762. The number of hydrogen-bond donors (Lipinski definition) is 3. The van der Waals surface area contributed by atoms with Gasteiger partial charge in [0, 0.05) is 31.8 Å². The van der Waals surface area contributed by atoms with Gasteiger partial charge in [-0.25, -0.2) is 0 Å². The molecule has 0 aromatic carbocycles. The van der Waals surface area contributed by atoms with Crippen LogP contribution in [0.1, 0.15) is 19.3 Å². The molecule has 3 heteroatoms. The van der Waals surface area contributed by atoms with Crippen LogP contribution in [0.25, 0.3) is 0 Å². The van der Waals surface area contributed by atoms with Gasteiger partial charge < -0.3 is 15.7 Å². The minimum Gasteiger partial charge on any atom is -0.396 e. The minimum atomic E-state index is 0.320. The van der Waals surface area contributed by atoms with Crippen molar-refractivity contribution in [3.63, 3.8) is 0 Å². The number of hydrogen-bond acceptors (Lipinski definition) is 3. The third-order valence-corrected chi connectivity index (χ3v) is 2.85. The maximum atomic E-state index is 8.88. The van der Waals surface area contributed by atoms with Crippen molar-refractivity contribution in [1.29, 1.82) is 0 Å². The fraction of sp³-hybridized carbons (Fsp3) is 1.00. The Hall–Kier alpha value is -0.120. The number of rotatable bonds is 5. The highest BCUT2D eigenvalue weighted by Crippen LogP contribution is 2.23. The van der Waals surface area contributed by atoms with Crippen LogP contribution < -0.4 is 10.6 Å². The Bertz CT molecular complexity index is 143. The Morgan fingerprint density at radius 3 is 2.58 bits per heavy atom. The van der Waals surface area contributed by atoms with E-state index in [1.807, 2.05) is 0 Å². The van der Waals surface area contributed by atoms with E-state index < -0.39 is 0 Å². The molecule has 0 amide bonds. The molecule has 1 atom stereocenters. The Morgan fingerprint density at radius 2 is 2.17 bits per heavy atom. The maximum Gasteiger partial charge on any atom is 0.0445 e. The fourth-order valence-corrected chi connectivity index (χ4v) is 1.74. The fourth-order valence-electron chi connectivity index (χ4n) is 1.74. The third-order valence-electron chi connectivity index (χ3n) is 2.85. The highest BCUT2D eigenvalue weighted by molar-refractivity contribution is 4.91. The average Bonchev–Trinajstić information content (AvgIpc) is 2.68. The first-order chi connectivity index (χ1) is 5.90. The summed E-state index contributed by atoms with van der Waals surface area (Å²) in [6.45, 7) is 2.58. The minimum absolute atomic E-state index is 0.320. The topological polar surface area (TPSA) is 44.3 Å². The van der Waals surface area contributed by atoms with Gasteiger partial charge in [-0.2, -0.15) is 0 Å². The second-order valence-corrected chi connectivity index (χ2v) is 3.98. The zero-order chi connectivity index (χ0) is 8.39. The highest BCUT2D eigenvalue weighted by Gasteiger charge is 2.31. The third kappa shape index (κ3) is 1.97. The van der Waals surface area contributed by atoms with Gasteiger partial charge in [-0.05, 0) is 25.2 Å². The van der Waals surface area contributed by atoms with E-state index >= 15 is 0 Å². The van der Waals surface area contributed by atoms with Crippen LogP contribution in [0, 0.1) is 5.92 Å². The van der Waals surface area contributed by atoms with Crippen molar-refractivity contribution in [2.75, 3.05) is 19.7 Å². The van der Waals surface area contributed by atoms with Crippen molar-refractivity contribution in [2.45, 2.75) is 31.3 Å². The molecule has 3 nitrogen and oxygen atoms in total. The summed E-state index contributed by atoms with van der Waals surface area (Å²) in [5, 5.41) is 15.7. The molecule has 0 bridgehead atoms. The van der Waals surface area contributed by atoms with Gasteiger partial charge >= 0.3 is 0 Å². The average molecular weight is 170 g/mol. The van der Waals surface area contributed by atoms with E-state index in [0.717, 1.165) is 31.5 Å². The van der Waals surface area contributed by atoms with E-state index in [0.29, 0.717) is 12.6 Å². The normalized spacial score (nSPS) is 26.8. The molecule has 0 aromatic heterocycles. The molecular formula is C9H18N2O. The van der Waals surface area contributed by atoms with Crippen molar-refractivity contribution >= 4 is 0 Å². The maximum absolute atomic E-state index is 8.88. The van der Waals surface area contributed by atoms with Crippen molar-refractivity contribution in [3.05, 3.63) is 0 Å². The Morgan fingerprint density at radius 1 is 1.42 bits per heavy atom. The molecule has 0 radical (unpaired) electrons. The molecule has 1 aliphatic carbocycles. The summed E-state index contributed by atoms with van der Waals surface area (Å²) >= 11 is 0. The van der Waals surface area contributed by atoms with Crippen LogP contribution in [-0.4, -0.2) is 36.9 Å². The van der Waals surface area contributed by atoms with Crippen LogP contribution in [0.4, 0.5) is 0 Å². The SMILES string of the molecule is OCCC(NC1CC1)C1CNC1. The molecule has 1 saturated carbocycles. The predicted molar refractivity (Wildman–Crippen MR) is 48.0 cm³/mol. The summed E-state index contributed by atoms with van der Waals surface area (Å²) in [5.41, 5.74) is 0. The summed E-state index contributed by atoms with van der Waals surface area (Å²) in [4.78, 5) is 0. The molecule has 2 rings (SSSR count). The van der Waals surface area contributed by atoms with Gasteiger partial charge in [0.15, 0.2) is 0 Å². The van der Waals surface area contributed by atoms with E-state index in [1.54, 1.807) is 0 Å². The van der Waals surface area contributed by atoms with Crippen LogP contribution in [-0.2, 0) is 0 Å². The molecule has 0 spiro atoms. The van der Waals surface area contributed by atoms with E-state index in [4.69, 9.17) is 5.11 Å². The predicted octanol–water partition coefficient (Wildman–Crippen LogP) is -0.291. The van der Waals surface area contributed by atoms with E-state index in [-0.39, 0.29) is 0 Å². The Kier molecular flexibility index (Phi) is 2.63. The van der Waals surface area contributed by atoms with E-state index in [2.05, 4.69) is 10.6 Å². The van der Waals surface area contributed by atoms with E-state index in [9.17, 15) is 0 Å². The Labute approximate surface area is 73.5 Å². The second kappa shape index (κ2) is 3.73. The highest BCUT2D eigenvalue weighted by atomic mass is 16.3. The van der Waals surface area contributed by atoms with Crippen LogP contribution in [0.15, 0.2) is 0 Å². The molecule has 1 aliphatic heterocycles. The summed E-state index contributed by atoms with van der Waals surface area (Å²) < 4.78 is 0. The molecular weight excluding hydrogens is 152 g/mol. The van der Waals surface area contributed by atoms with Crippen molar-refractivity contribution in [3.8, 4) is 0 Å². The lowest BCUT2D eigenvalue weighted by atomic mass is 9.91. The molecule has 70 valence electrons. The largest absolute Gasteiger partial charge is 0.396 e. The number of aliphatic hydroxyl groups excluding tert-OH is 1. The molecule has 1 heterocycles. The smallest absolute Gasteiger partial charge is 0.0445 e. The van der Waals surface area contributed by atoms with E-state index in [1.165, 1.54) is 12.8 Å². The van der Waals surface area contributed by atoms with Gasteiger partial charge in [0.05, 0.1) is 0 Å². The van der Waals surface area contributed by atoms with Gasteiger partial charge in [-0.3, -0.25) is 0 Å². The van der Waals surface area contributed by atoms with Gasteiger partial charge in [0.1, 0.15) is 0 Å². The first kappa shape index (κ1) is 8.48. The lowest BCUT2D eigenvalue weighted by molar-refractivity contribution is 0.197. The van der Waals surface area contributed by atoms with Crippen LogP contribution in [0.5, 0.6) is 0 Å². The van der Waals surface area contributed by atoms with Crippen LogP contribution >= 0.6 is 0 Å². The lowest BCUT2D eigenvalue weighted by Gasteiger charge is -2.35. The molecule has 3 N–H and O–H groups in total. The molecule has 12 heavy (non-hydrogen) atoms. The van der Waals surface area contributed by atoms with Crippen LogP contribution in [0.2, 0.25) is 0 Å². The van der Waals surface area contributed by atoms with Gasteiger partial charge in [0.25, 0.3) is 0 Å². The van der Waals surface area contributed by atoms with Gasteiger partial charge in [0.2, 0.25) is 0 Å². The number of nitrogens with one attached hydrogen (secondary N) is 2. The lowest BCUT2D eigenvalue weighted by Crippen LogP contribution is -2.54. The summed E-state index contributed by atoms with van der Waals surface area (Å²) in [7, 11) is 0. The first-order valence-electron chi connectivity index (χ1n) is 4.98. The molecule has 2 aliphatic rings. The second-order valence-electron chi connectivity index (χ2n) is 3.98. The van der Waals surface area contributed by atoms with Crippen molar-refractivity contribution in [1.82, 2.24) is 10.6 Å². The van der Waals surface area contributed by atoms with Crippen molar-refractivity contribution in [2.24, 2.45) is 5.92 Å². The van der Waals surface area contributed by atoms with Crippen molar-refractivity contribution < 1.29 is 5.11 Å². The molecule has 1 unspecified atom stereocenters. The molecule has 1 saturated heterocycles. The van der Waals surface area contributed by atoms with Gasteiger partial charge in [-0.1, -0.05) is 0 Å². The van der Waals surface area contributed by atoms with Gasteiger partial charge in [-0.15, -0.1) is 0 Å². The zero-order valence-electron chi connectivity index (χ0n) is 7.42. The molecule has 0 aromatic rings. The zero-order valence-corrected chi connectivity index (χ0v) is 7.42. The quantitative estimate of drug-likeness (QED) is 0.531. The Balaban J connectivity index is 1.74. The number of aliphatic hydroxyl groups is 1. The summed E-state index contributed by atoms with van der Waals surface area (Å²) in [6, 6.07) is 1.32. The summed E-state index contributed by atoms with van der Waals surface area (Å²) in [6.07, 6.45) is 3.59. The molecule has 2 fully saturated rings. The first-order valence-corrected chi connectivity index (χ1v) is 4.98.